The van der Waals surface area contributed by atoms with Gasteiger partial charge in [0.25, 0.3) is 0 Å². The first-order valence-electron chi connectivity index (χ1n) is 4.62. The fourth-order valence-electron chi connectivity index (χ4n) is 3.15. The van der Waals surface area contributed by atoms with Crippen LogP contribution in [-0.2, 0) is 0 Å². The van der Waals surface area contributed by atoms with E-state index < -0.39 is 0 Å². The molecule has 2 saturated carbocycles. The van der Waals surface area contributed by atoms with Crippen molar-refractivity contribution in [2.75, 3.05) is 0 Å². The van der Waals surface area contributed by atoms with Gasteiger partial charge in [-0.25, -0.2) is 0 Å². The van der Waals surface area contributed by atoms with Crippen LogP contribution in [0.15, 0.2) is 0 Å². The van der Waals surface area contributed by atoms with Gasteiger partial charge in [-0.1, -0.05) is 6.42 Å². The predicted octanol–water partition coefficient (Wildman–Crippen LogP) is 1.68. The lowest BCUT2D eigenvalue weighted by molar-refractivity contribution is -0.0131. The third kappa shape index (κ3) is 0.572. The van der Waals surface area contributed by atoms with Gasteiger partial charge in [-0.3, -0.25) is 0 Å². The molecule has 2 aliphatic carbocycles. The summed E-state index contributed by atoms with van der Waals surface area (Å²) in [6, 6.07) is 1.86. The summed E-state index contributed by atoms with van der Waals surface area (Å²) in [5.41, 5.74) is 0.860. The maximum absolute atomic E-state index is 3.60. The number of hydrogen-bond donors (Lipinski definition) is 1. The molecule has 10 heavy (non-hydrogen) atoms. The first kappa shape index (κ1) is 5.59. The van der Waals surface area contributed by atoms with Crippen LogP contribution in [0.2, 0.25) is 0 Å². The summed E-state index contributed by atoms with van der Waals surface area (Å²) < 4.78 is 0. The standard InChI is InChI=1S/C9H15N/c1-2-9(3-1)5-7-4-8(6-9)10-7/h7-8,10H,1-6H2. The molecule has 2 aliphatic heterocycles. The third-order valence-electron chi connectivity index (χ3n) is 3.81. The zero-order chi connectivity index (χ0) is 6.60. The Morgan fingerprint density at radius 1 is 1.10 bits per heavy atom. The van der Waals surface area contributed by atoms with Crippen LogP contribution in [-0.4, -0.2) is 12.1 Å². The molecule has 56 valence electrons. The van der Waals surface area contributed by atoms with Crippen LogP contribution < -0.4 is 5.32 Å². The molecule has 4 fully saturated rings. The lowest BCUT2D eigenvalue weighted by Gasteiger charge is -2.57. The molecule has 2 bridgehead atoms. The van der Waals surface area contributed by atoms with Gasteiger partial charge in [0.1, 0.15) is 0 Å². The lowest BCUT2D eigenvalue weighted by atomic mass is 9.56. The summed E-state index contributed by atoms with van der Waals surface area (Å²) in [5, 5.41) is 3.60. The number of piperidine rings is 1. The molecule has 2 unspecified atom stereocenters. The quantitative estimate of drug-likeness (QED) is 0.535. The smallest absolute Gasteiger partial charge is 0.00897 e. The summed E-state index contributed by atoms with van der Waals surface area (Å²) >= 11 is 0. The molecule has 0 amide bonds. The van der Waals surface area contributed by atoms with E-state index in [1.807, 2.05) is 0 Å². The summed E-state index contributed by atoms with van der Waals surface area (Å²) in [6.07, 6.45) is 9.09. The Bertz CT molecular complexity index is 142. The second-order valence-corrected chi connectivity index (χ2v) is 4.56. The largest absolute Gasteiger partial charge is 0.311 e. The highest BCUT2D eigenvalue weighted by atomic mass is 15.1. The van der Waals surface area contributed by atoms with Gasteiger partial charge >= 0.3 is 0 Å². The second kappa shape index (κ2) is 1.58. The molecule has 4 rings (SSSR count). The maximum atomic E-state index is 3.60. The molecular formula is C9H15N. The van der Waals surface area contributed by atoms with Gasteiger partial charge in [0.05, 0.1) is 0 Å². The van der Waals surface area contributed by atoms with E-state index >= 15 is 0 Å². The summed E-state index contributed by atoms with van der Waals surface area (Å²) in [7, 11) is 0. The second-order valence-electron chi connectivity index (χ2n) is 4.56. The van der Waals surface area contributed by atoms with Crippen LogP contribution >= 0.6 is 0 Å². The zero-order valence-corrected chi connectivity index (χ0v) is 6.40. The third-order valence-corrected chi connectivity index (χ3v) is 3.81. The predicted molar refractivity (Wildman–Crippen MR) is 40.8 cm³/mol. The summed E-state index contributed by atoms with van der Waals surface area (Å²) in [6.45, 7) is 0. The van der Waals surface area contributed by atoms with E-state index in [9.17, 15) is 0 Å². The monoisotopic (exact) mass is 137 g/mol. The van der Waals surface area contributed by atoms with Crippen LogP contribution in [0.4, 0.5) is 0 Å². The SMILES string of the molecule is C1CC2(C1)CC1CC(C2)N1. The molecule has 0 aromatic carbocycles. The van der Waals surface area contributed by atoms with Crippen molar-refractivity contribution in [3.05, 3.63) is 0 Å². The van der Waals surface area contributed by atoms with E-state index in [1.54, 1.807) is 12.8 Å². The molecule has 0 aromatic heterocycles. The Labute approximate surface area is 62.2 Å². The Hall–Kier alpha value is -0.0400. The molecule has 2 saturated heterocycles. The van der Waals surface area contributed by atoms with E-state index in [4.69, 9.17) is 0 Å². The van der Waals surface area contributed by atoms with Gasteiger partial charge in [0.2, 0.25) is 0 Å². The minimum absolute atomic E-state index is 0.860. The fraction of sp³-hybridized carbons (Fsp3) is 1.00. The Morgan fingerprint density at radius 2 is 1.70 bits per heavy atom. The minimum Gasteiger partial charge on any atom is -0.311 e. The van der Waals surface area contributed by atoms with Crippen molar-refractivity contribution >= 4 is 0 Å². The van der Waals surface area contributed by atoms with E-state index in [-0.39, 0.29) is 0 Å². The van der Waals surface area contributed by atoms with Crippen LogP contribution in [0.25, 0.3) is 0 Å². The first-order valence-corrected chi connectivity index (χ1v) is 4.62. The molecule has 4 aliphatic rings. The molecule has 0 radical (unpaired) electrons. The van der Waals surface area contributed by atoms with E-state index in [0.29, 0.717) is 0 Å². The average Bonchev–Trinajstić information content (AvgIpc) is 1.84. The number of rotatable bonds is 0. The highest BCUT2D eigenvalue weighted by Crippen LogP contribution is 2.54. The molecule has 2 heterocycles. The van der Waals surface area contributed by atoms with Crippen molar-refractivity contribution in [1.82, 2.24) is 5.32 Å². The van der Waals surface area contributed by atoms with Gasteiger partial charge in [0.15, 0.2) is 0 Å². The summed E-state index contributed by atoms with van der Waals surface area (Å²) in [4.78, 5) is 0. The minimum atomic E-state index is 0.860. The van der Waals surface area contributed by atoms with E-state index in [1.165, 1.54) is 25.7 Å². The van der Waals surface area contributed by atoms with Gasteiger partial charge in [-0.15, -0.1) is 0 Å². The number of nitrogens with one attached hydrogen (secondary N) is 1. The average molecular weight is 137 g/mol. The van der Waals surface area contributed by atoms with Crippen LogP contribution in [0.3, 0.4) is 0 Å². The molecule has 1 heteroatoms. The van der Waals surface area contributed by atoms with Crippen molar-refractivity contribution in [3.8, 4) is 0 Å². The van der Waals surface area contributed by atoms with E-state index in [2.05, 4.69) is 5.32 Å². The first-order chi connectivity index (χ1) is 4.86. The Balaban J connectivity index is 1.78. The molecular weight excluding hydrogens is 122 g/mol. The van der Waals surface area contributed by atoms with Crippen LogP contribution in [0.5, 0.6) is 0 Å². The van der Waals surface area contributed by atoms with Crippen molar-refractivity contribution in [2.24, 2.45) is 5.41 Å². The van der Waals surface area contributed by atoms with Gasteiger partial charge in [-0.2, -0.15) is 0 Å². The fourth-order valence-corrected chi connectivity index (χ4v) is 3.15. The lowest BCUT2D eigenvalue weighted by Crippen LogP contribution is -2.62. The van der Waals surface area contributed by atoms with Crippen LogP contribution in [0, 0.1) is 5.41 Å². The molecule has 2 atom stereocenters. The topological polar surface area (TPSA) is 12.0 Å². The molecule has 1 spiro atoms. The molecule has 0 aromatic rings. The Morgan fingerprint density at radius 3 is 2.00 bits per heavy atom. The highest BCUT2D eigenvalue weighted by Gasteiger charge is 2.49. The number of hydrogen-bond acceptors (Lipinski definition) is 1. The molecule has 1 nitrogen and oxygen atoms in total. The molecule has 1 N–H and O–H groups in total. The Kier molecular flexibility index (Phi) is 0.883. The van der Waals surface area contributed by atoms with Crippen LogP contribution in [0.1, 0.15) is 38.5 Å². The summed E-state index contributed by atoms with van der Waals surface area (Å²) in [5.74, 6) is 0. The van der Waals surface area contributed by atoms with Crippen molar-refractivity contribution < 1.29 is 0 Å². The van der Waals surface area contributed by atoms with Crippen molar-refractivity contribution in [1.29, 1.82) is 0 Å². The van der Waals surface area contributed by atoms with Crippen molar-refractivity contribution in [3.63, 3.8) is 0 Å². The van der Waals surface area contributed by atoms with E-state index in [0.717, 1.165) is 17.5 Å². The van der Waals surface area contributed by atoms with Gasteiger partial charge < -0.3 is 5.32 Å². The maximum Gasteiger partial charge on any atom is 0.00897 e. The highest BCUT2D eigenvalue weighted by molar-refractivity contribution is 5.06. The zero-order valence-electron chi connectivity index (χ0n) is 6.40. The van der Waals surface area contributed by atoms with Crippen molar-refractivity contribution in [2.45, 2.75) is 50.6 Å². The normalized spacial score (nSPS) is 48.0. The van der Waals surface area contributed by atoms with Gasteiger partial charge in [-0.05, 0) is 37.5 Å². The van der Waals surface area contributed by atoms with Gasteiger partial charge in [0, 0.05) is 12.1 Å².